The number of nitrogens with zero attached hydrogens (tertiary/aromatic N) is 1. The van der Waals surface area contributed by atoms with E-state index < -0.39 is 37.9 Å². The Labute approximate surface area is 259 Å². The highest BCUT2D eigenvalue weighted by Crippen LogP contribution is 2.60. The van der Waals surface area contributed by atoms with Crippen molar-refractivity contribution in [3.63, 3.8) is 0 Å². The van der Waals surface area contributed by atoms with Crippen molar-refractivity contribution in [2.45, 2.75) is 141 Å². The molecule has 242 valence electrons. The van der Waals surface area contributed by atoms with E-state index in [-0.39, 0.29) is 12.5 Å². The molecule has 0 radical (unpaired) electrons. The molecule has 7 nitrogen and oxygen atoms in total. The monoisotopic (exact) mass is 617 g/mol. The lowest BCUT2D eigenvalue weighted by molar-refractivity contribution is -0.157. The van der Waals surface area contributed by atoms with Gasteiger partial charge < -0.3 is 15.1 Å². The van der Waals surface area contributed by atoms with E-state index >= 15 is 0 Å². The normalized spacial score (nSPS) is 37.0. The van der Waals surface area contributed by atoms with Crippen LogP contribution < -0.4 is 0 Å². The van der Waals surface area contributed by atoms with Gasteiger partial charge in [0.2, 0.25) is 5.91 Å². The van der Waals surface area contributed by atoms with Crippen molar-refractivity contribution < 1.29 is 28.2 Å². The average Bonchev–Trinajstić information content (AvgIpc) is 3.33. The number of carbonyl (C=O) groups is 2. The molecule has 2 saturated heterocycles. The first-order valence-electron chi connectivity index (χ1n) is 16.6. The van der Waals surface area contributed by atoms with Crippen molar-refractivity contribution in [2.24, 2.45) is 29.1 Å². The topological polar surface area (TPSA) is 112 Å². The van der Waals surface area contributed by atoms with Gasteiger partial charge >= 0.3 is 5.97 Å². The molecule has 2 heterocycles. The first kappa shape index (κ1) is 34.0. The fraction of sp³-hybridized carbons (Fsp3) is 0.771. The van der Waals surface area contributed by atoms with Gasteiger partial charge in [0, 0.05) is 0 Å². The number of aliphatic carboxylic acids is 1. The zero-order valence-corrected chi connectivity index (χ0v) is 28.1. The van der Waals surface area contributed by atoms with E-state index in [0.29, 0.717) is 5.41 Å². The van der Waals surface area contributed by atoms with Crippen molar-refractivity contribution in [3.05, 3.63) is 35.5 Å². The number of aliphatic hydroxyl groups is 1. The van der Waals surface area contributed by atoms with Crippen molar-refractivity contribution in [3.8, 4) is 0 Å². The van der Waals surface area contributed by atoms with Crippen LogP contribution in [0, 0.1) is 29.1 Å². The van der Waals surface area contributed by atoms with Gasteiger partial charge in [0.15, 0.2) is 9.84 Å². The van der Waals surface area contributed by atoms with Crippen molar-refractivity contribution in [1.29, 1.82) is 0 Å². The molecule has 43 heavy (non-hydrogen) atoms. The lowest BCUT2D eigenvalue weighted by atomic mass is 9.60. The predicted molar refractivity (Wildman–Crippen MR) is 171 cm³/mol. The number of allylic oxidation sites excluding steroid dienone is 4. The van der Waals surface area contributed by atoms with Crippen LogP contribution >= 0.6 is 0 Å². The lowest BCUT2D eigenvalue weighted by Crippen LogP contribution is -2.57. The highest BCUT2D eigenvalue weighted by molar-refractivity contribution is 7.93. The van der Waals surface area contributed by atoms with E-state index in [0.717, 1.165) is 47.8 Å². The highest BCUT2D eigenvalue weighted by Gasteiger charge is 2.67. The van der Waals surface area contributed by atoms with Gasteiger partial charge in [-0.05, 0) is 99.9 Å². The number of amides is 1. The maximum atomic E-state index is 11.9. The van der Waals surface area contributed by atoms with Crippen LogP contribution in [-0.4, -0.2) is 57.7 Å². The maximum absolute atomic E-state index is 11.9. The minimum absolute atomic E-state index is 0.0878. The van der Waals surface area contributed by atoms with Gasteiger partial charge in [-0.1, -0.05) is 76.8 Å². The number of carbonyl (C=O) groups excluding carboxylic acids is 1. The molecular weight excluding hydrogens is 562 g/mol. The van der Waals surface area contributed by atoms with Crippen LogP contribution in [0.2, 0.25) is 0 Å². The zero-order valence-electron chi connectivity index (χ0n) is 27.3. The third kappa shape index (κ3) is 6.43. The summed E-state index contributed by atoms with van der Waals surface area (Å²) in [5.41, 5.74) is 4.72. The van der Waals surface area contributed by atoms with Crippen LogP contribution in [0.25, 0.3) is 0 Å². The van der Waals surface area contributed by atoms with Gasteiger partial charge in [-0.3, -0.25) is 4.79 Å². The van der Waals surface area contributed by atoms with Gasteiger partial charge in [-0.25, -0.2) is 13.2 Å². The van der Waals surface area contributed by atoms with Crippen LogP contribution in [0.5, 0.6) is 0 Å². The van der Waals surface area contributed by atoms with Gasteiger partial charge in [0.1, 0.15) is 11.4 Å². The van der Waals surface area contributed by atoms with Crippen molar-refractivity contribution in [1.82, 2.24) is 4.90 Å². The third-order valence-corrected chi connectivity index (χ3v) is 14.4. The minimum atomic E-state index is -3.57. The van der Waals surface area contributed by atoms with E-state index in [1.165, 1.54) is 76.4 Å². The zero-order chi connectivity index (χ0) is 31.9. The number of carboxylic acid groups (broad SMARTS) is 1. The molecule has 2 aliphatic heterocycles. The fourth-order valence-electron chi connectivity index (χ4n) is 8.89. The van der Waals surface area contributed by atoms with E-state index in [4.69, 9.17) is 5.11 Å². The van der Waals surface area contributed by atoms with E-state index in [9.17, 15) is 23.1 Å². The smallest absolute Gasteiger partial charge is 0.328 e. The Morgan fingerprint density at radius 1 is 1.07 bits per heavy atom. The summed E-state index contributed by atoms with van der Waals surface area (Å²) in [5.74, 6) is 1.70. The Kier molecular flexibility index (Phi) is 10.1. The molecule has 7 atom stereocenters. The summed E-state index contributed by atoms with van der Waals surface area (Å²) >= 11 is 0. The van der Waals surface area contributed by atoms with Gasteiger partial charge in [0.05, 0.1) is 17.3 Å². The summed E-state index contributed by atoms with van der Waals surface area (Å²) in [6, 6.07) is -1.26. The number of β-lactam (4-membered cyclic amide) rings is 1. The highest BCUT2D eigenvalue weighted by atomic mass is 32.2. The molecule has 5 rings (SSSR count). The van der Waals surface area contributed by atoms with E-state index in [1.807, 2.05) is 0 Å². The Morgan fingerprint density at radius 2 is 1.77 bits per heavy atom. The van der Waals surface area contributed by atoms with E-state index in [1.54, 1.807) is 5.57 Å². The molecule has 0 bridgehead atoms. The molecule has 0 aromatic heterocycles. The summed E-state index contributed by atoms with van der Waals surface area (Å²) in [6.07, 6.45) is 18.1. The summed E-state index contributed by atoms with van der Waals surface area (Å²) in [6.45, 7) is 16.8. The van der Waals surface area contributed by atoms with Crippen LogP contribution in [0.15, 0.2) is 35.5 Å². The molecule has 0 aromatic rings. The fourth-order valence-corrected chi connectivity index (χ4v) is 11.0. The second kappa shape index (κ2) is 12.8. The van der Waals surface area contributed by atoms with Crippen molar-refractivity contribution in [2.75, 3.05) is 0 Å². The Balaban J connectivity index is 0.000000237. The summed E-state index contributed by atoms with van der Waals surface area (Å²) in [7, 11) is -3.57. The Morgan fingerprint density at radius 3 is 2.37 bits per heavy atom. The standard InChI is InChI=1S/C27H44O.C8H11NO5S/c1-19(2)8-6-9-21(4)25-15-16-26-22(10-7-17-27(25,26)5)12-13-23-18-24(28)14-11-20(23)3;1-8(2)6(7(11)12)9-4(10)3-5(9)15(8,13)14/h12-13,19,21,24-26,28H,3,6-11,14-18H2,1-2,4-5H3;5-6H,3H2,1-2H3,(H,11,12)/b22-12+,23-13-;/t21-,24+,25-,26+,27-;5-,6+/m11/s1. The molecule has 0 aromatic carbocycles. The van der Waals surface area contributed by atoms with Crippen LogP contribution in [0.1, 0.15) is 119 Å². The van der Waals surface area contributed by atoms with Crippen LogP contribution in [-0.2, 0) is 19.4 Å². The first-order valence-corrected chi connectivity index (χ1v) is 18.1. The number of fused-ring (bicyclic) bond motifs is 2. The summed E-state index contributed by atoms with van der Waals surface area (Å²) in [4.78, 5) is 23.2. The number of hydrogen-bond donors (Lipinski definition) is 2. The van der Waals surface area contributed by atoms with Gasteiger partial charge in [-0.15, -0.1) is 0 Å². The second-order valence-corrected chi connectivity index (χ2v) is 17.9. The maximum Gasteiger partial charge on any atom is 0.328 e. The van der Waals surface area contributed by atoms with Gasteiger partial charge in [0.25, 0.3) is 0 Å². The number of carboxylic acids is 1. The van der Waals surface area contributed by atoms with Crippen molar-refractivity contribution >= 4 is 21.7 Å². The number of rotatable bonds is 7. The molecule has 5 aliphatic rings. The van der Waals surface area contributed by atoms with Crippen LogP contribution in [0.3, 0.4) is 0 Å². The molecule has 0 spiro atoms. The molecule has 0 unspecified atom stereocenters. The molecule has 1 amide bonds. The number of aliphatic hydroxyl groups excluding tert-OH is 1. The Hall–Kier alpha value is -1.93. The summed E-state index contributed by atoms with van der Waals surface area (Å²) < 4.78 is 22.4. The lowest BCUT2D eigenvalue weighted by Gasteiger charge is -2.44. The van der Waals surface area contributed by atoms with E-state index in [2.05, 4.69) is 46.4 Å². The minimum Gasteiger partial charge on any atom is -0.480 e. The number of sulfone groups is 1. The molecule has 5 fully saturated rings. The largest absolute Gasteiger partial charge is 0.480 e. The molecular formula is C35H55NO6S. The SMILES string of the molecule is C=C1CC[C@H](O)C/C1=C/C=C1\CCC[C@]2(C)[C@@H]([C@H](C)CCCC(C)C)CC[C@@H]12.CC1(C)[C@H](C(=O)O)N2C(=O)C[C@H]2S1(=O)=O. The molecule has 2 N–H and O–H groups in total. The molecule has 8 heteroatoms. The molecule has 3 saturated carbocycles. The van der Waals surface area contributed by atoms with Gasteiger partial charge in [-0.2, -0.15) is 0 Å². The second-order valence-electron chi connectivity index (χ2n) is 15.2. The predicted octanol–water partition coefficient (Wildman–Crippen LogP) is 6.82. The summed E-state index contributed by atoms with van der Waals surface area (Å²) in [5, 5.41) is 18.1. The number of hydrogen-bond acceptors (Lipinski definition) is 5. The first-order chi connectivity index (χ1) is 20.0. The average molecular weight is 618 g/mol. The molecule has 3 aliphatic carbocycles. The quantitative estimate of drug-likeness (QED) is 0.303. The van der Waals surface area contributed by atoms with Crippen LogP contribution in [0.4, 0.5) is 0 Å². The Bertz CT molecular complexity index is 1260. The third-order valence-electron chi connectivity index (χ3n) is 11.6.